The predicted octanol–water partition coefficient (Wildman–Crippen LogP) is 1.00. The van der Waals surface area contributed by atoms with Crippen molar-refractivity contribution in [2.75, 3.05) is 20.1 Å². The Labute approximate surface area is 123 Å². The number of carboxylic acids is 1. The minimum Gasteiger partial charge on any atom is -0.478 e. The zero-order valence-corrected chi connectivity index (χ0v) is 12.0. The molecule has 1 aromatic heterocycles. The number of carbonyl (C=O) groups is 2. The molecule has 1 aliphatic rings. The number of pyridine rings is 1. The van der Waals surface area contributed by atoms with Crippen LogP contribution in [0.15, 0.2) is 24.4 Å². The number of amides is 1. The van der Waals surface area contributed by atoms with Crippen LogP contribution in [0.2, 0.25) is 0 Å². The smallest absolute Gasteiger partial charge is 0.328 e. The van der Waals surface area contributed by atoms with E-state index in [1.807, 2.05) is 0 Å². The van der Waals surface area contributed by atoms with Gasteiger partial charge in [-0.25, -0.2) is 4.79 Å². The summed E-state index contributed by atoms with van der Waals surface area (Å²) in [7, 11) is 2.07. The van der Waals surface area contributed by atoms with E-state index in [1.54, 1.807) is 12.1 Å². The minimum absolute atomic E-state index is 0.182. The SMILES string of the molecule is CN1CCC(NC(=O)c2ccc(C=CC(=O)O)cn2)CC1. The van der Waals surface area contributed by atoms with Gasteiger partial charge in [0.1, 0.15) is 5.69 Å². The highest BCUT2D eigenvalue weighted by Crippen LogP contribution is 2.09. The molecule has 1 saturated heterocycles. The number of nitrogens with zero attached hydrogens (tertiary/aromatic N) is 2. The first-order valence-corrected chi connectivity index (χ1v) is 6.91. The van der Waals surface area contributed by atoms with Crippen molar-refractivity contribution >= 4 is 18.0 Å². The third kappa shape index (κ3) is 4.68. The first-order chi connectivity index (χ1) is 10.0. The fraction of sp³-hybridized carbons (Fsp3) is 0.400. The standard InChI is InChI=1S/C15H19N3O3/c1-18-8-6-12(7-9-18)17-15(21)13-4-2-11(10-16-13)3-5-14(19)20/h2-5,10,12H,6-9H2,1H3,(H,17,21)(H,19,20). The minimum atomic E-state index is -1.01. The molecule has 0 atom stereocenters. The molecule has 0 unspecified atom stereocenters. The van der Waals surface area contributed by atoms with Gasteiger partial charge in [-0.15, -0.1) is 0 Å². The van der Waals surface area contributed by atoms with Crippen molar-refractivity contribution in [1.29, 1.82) is 0 Å². The summed E-state index contributed by atoms with van der Waals surface area (Å²) in [4.78, 5) is 28.8. The van der Waals surface area contributed by atoms with E-state index in [9.17, 15) is 9.59 Å². The molecule has 6 nitrogen and oxygen atoms in total. The summed E-state index contributed by atoms with van der Waals surface area (Å²) in [5.41, 5.74) is 0.995. The Hall–Kier alpha value is -2.21. The van der Waals surface area contributed by atoms with E-state index in [4.69, 9.17) is 5.11 Å². The molecule has 0 aromatic carbocycles. The Morgan fingerprint density at radius 1 is 1.38 bits per heavy atom. The molecular weight excluding hydrogens is 270 g/mol. The molecule has 112 valence electrons. The summed E-state index contributed by atoms with van der Waals surface area (Å²) < 4.78 is 0. The number of nitrogens with one attached hydrogen (secondary N) is 1. The Kier molecular flexibility index (Phi) is 5.05. The predicted molar refractivity (Wildman–Crippen MR) is 78.9 cm³/mol. The van der Waals surface area contributed by atoms with Crippen LogP contribution in [0.1, 0.15) is 28.9 Å². The molecule has 21 heavy (non-hydrogen) atoms. The molecule has 1 aromatic rings. The van der Waals surface area contributed by atoms with Gasteiger partial charge >= 0.3 is 5.97 Å². The molecule has 1 aliphatic heterocycles. The van der Waals surface area contributed by atoms with E-state index >= 15 is 0 Å². The van der Waals surface area contributed by atoms with Crippen LogP contribution >= 0.6 is 0 Å². The van der Waals surface area contributed by atoms with E-state index in [2.05, 4.69) is 22.2 Å². The van der Waals surface area contributed by atoms with Gasteiger partial charge in [0.05, 0.1) is 0 Å². The van der Waals surface area contributed by atoms with Crippen molar-refractivity contribution in [3.63, 3.8) is 0 Å². The second-order valence-corrected chi connectivity index (χ2v) is 5.20. The highest BCUT2D eigenvalue weighted by molar-refractivity contribution is 5.92. The maximum atomic E-state index is 12.1. The maximum absolute atomic E-state index is 12.1. The molecule has 0 spiro atoms. The molecule has 0 bridgehead atoms. The van der Waals surface area contributed by atoms with E-state index in [0.717, 1.165) is 32.0 Å². The highest BCUT2D eigenvalue weighted by atomic mass is 16.4. The van der Waals surface area contributed by atoms with E-state index in [0.29, 0.717) is 11.3 Å². The highest BCUT2D eigenvalue weighted by Gasteiger charge is 2.19. The van der Waals surface area contributed by atoms with Crippen LogP contribution in [-0.4, -0.2) is 53.0 Å². The second-order valence-electron chi connectivity index (χ2n) is 5.20. The van der Waals surface area contributed by atoms with Crippen molar-refractivity contribution in [2.45, 2.75) is 18.9 Å². The summed E-state index contributed by atoms with van der Waals surface area (Å²) in [5, 5.41) is 11.5. The zero-order valence-electron chi connectivity index (χ0n) is 12.0. The molecule has 0 aliphatic carbocycles. The van der Waals surface area contributed by atoms with E-state index in [-0.39, 0.29) is 11.9 Å². The maximum Gasteiger partial charge on any atom is 0.328 e. The number of aliphatic carboxylic acids is 1. The first-order valence-electron chi connectivity index (χ1n) is 6.91. The molecule has 1 fully saturated rings. The van der Waals surface area contributed by atoms with Crippen LogP contribution in [0.4, 0.5) is 0 Å². The lowest BCUT2D eigenvalue weighted by Crippen LogP contribution is -2.43. The quantitative estimate of drug-likeness (QED) is 0.808. The number of carboxylic acid groups (broad SMARTS) is 1. The molecule has 6 heteroatoms. The van der Waals surface area contributed by atoms with Crippen LogP contribution in [-0.2, 0) is 4.79 Å². The monoisotopic (exact) mass is 289 g/mol. The number of hydrogen-bond donors (Lipinski definition) is 2. The van der Waals surface area contributed by atoms with Crippen molar-refractivity contribution in [3.05, 3.63) is 35.7 Å². The van der Waals surface area contributed by atoms with Crippen molar-refractivity contribution in [1.82, 2.24) is 15.2 Å². The molecule has 2 N–H and O–H groups in total. The van der Waals surface area contributed by atoms with Gasteiger partial charge in [0.2, 0.25) is 0 Å². The number of hydrogen-bond acceptors (Lipinski definition) is 4. The van der Waals surface area contributed by atoms with Gasteiger partial charge < -0.3 is 15.3 Å². The Bertz CT molecular complexity index is 532. The number of likely N-dealkylation sites (tertiary alicyclic amines) is 1. The van der Waals surface area contributed by atoms with E-state index in [1.165, 1.54) is 12.3 Å². The Morgan fingerprint density at radius 3 is 2.67 bits per heavy atom. The van der Waals surface area contributed by atoms with E-state index < -0.39 is 5.97 Å². The lowest BCUT2D eigenvalue weighted by atomic mass is 10.1. The lowest BCUT2D eigenvalue weighted by Gasteiger charge is -2.29. The van der Waals surface area contributed by atoms with Crippen LogP contribution in [0.25, 0.3) is 6.08 Å². The van der Waals surface area contributed by atoms with Gasteiger partial charge in [0.25, 0.3) is 5.91 Å². The third-order valence-corrected chi connectivity index (χ3v) is 3.49. The zero-order chi connectivity index (χ0) is 15.2. The largest absolute Gasteiger partial charge is 0.478 e. The molecule has 1 amide bonds. The normalized spacial score (nSPS) is 17.0. The Balaban J connectivity index is 1.92. The van der Waals surface area contributed by atoms with Gasteiger partial charge in [-0.3, -0.25) is 9.78 Å². The average Bonchev–Trinajstić information content (AvgIpc) is 2.48. The average molecular weight is 289 g/mol. The van der Waals surface area contributed by atoms with Crippen molar-refractivity contribution in [3.8, 4) is 0 Å². The van der Waals surface area contributed by atoms with Crippen LogP contribution in [0.5, 0.6) is 0 Å². The Morgan fingerprint density at radius 2 is 2.10 bits per heavy atom. The number of piperidine rings is 1. The summed E-state index contributed by atoms with van der Waals surface area (Å²) in [6.07, 6.45) is 5.86. The number of rotatable bonds is 4. The number of aromatic nitrogens is 1. The van der Waals surface area contributed by atoms with Crippen LogP contribution < -0.4 is 5.32 Å². The van der Waals surface area contributed by atoms with Crippen LogP contribution in [0.3, 0.4) is 0 Å². The first kappa shape index (κ1) is 15.2. The summed E-state index contributed by atoms with van der Waals surface area (Å²) in [5.74, 6) is -1.20. The topological polar surface area (TPSA) is 82.5 Å². The lowest BCUT2D eigenvalue weighted by molar-refractivity contribution is -0.131. The summed E-state index contributed by atoms with van der Waals surface area (Å²) in [6.45, 7) is 1.97. The molecule has 2 rings (SSSR count). The molecular formula is C15H19N3O3. The molecule has 2 heterocycles. The van der Waals surface area contributed by atoms with Crippen molar-refractivity contribution < 1.29 is 14.7 Å². The second kappa shape index (κ2) is 6.99. The number of carbonyl (C=O) groups excluding carboxylic acids is 1. The van der Waals surface area contributed by atoms with Gasteiger partial charge in [-0.1, -0.05) is 6.07 Å². The van der Waals surface area contributed by atoms with Crippen LogP contribution in [0, 0.1) is 0 Å². The molecule has 0 radical (unpaired) electrons. The molecule has 0 saturated carbocycles. The fourth-order valence-electron chi connectivity index (χ4n) is 2.22. The van der Waals surface area contributed by atoms with Gasteiger partial charge in [0, 0.05) is 18.3 Å². The third-order valence-electron chi connectivity index (χ3n) is 3.49. The fourth-order valence-corrected chi connectivity index (χ4v) is 2.22. The summed E-state index contributed by atoms with van der Waals surface area (Å²) in [6, 6.07) is 3.48. The summed E-state index contributed by atoms with van der Waals surface area (Å²) >= 11 is 0. The van der Waals surface area contributed by atoms with Gasteiger partial charge in [0.15, 0.2) is 0 Å². The van der Waals surface area contributed by atoms with Gasteiger partial charge in [-0.05, 0) is 50.7 Å². The van der Waals surface area contributed by atoms with Gasteiger partial charge in [-0.2, -0.15) is 0 Å². The van der Waals surface area contributed by atoms with Crippen molar-refractivity contribution in [2.24, 2.45) is 0 Å².